The number of aliphatic hydroxyl groups is 7. The van der Waals surface area contributed by atoms with Crippen LogP contribution in [0.3, 0.4) is 0 Å². The van der Waals surface area contributed by atoms with E-state index in [1.165, 1.54) is 49.4 Å². The molecule has 3 aliphatic rings. The molecule has 19 nitrogen and oxygen atoms in total. The summed E-state index contributed by atoms with van der Waals surface area (Å²) < 4.78 is 40.3. The summed E-state index contributed by atoms with van der Waals surface area (Å²) in [7, 11) is 0. The van der Waals surface area contributed by atoms with Crippen molar-refractivity contribution in [2.45, 2.75) is 99.2 Å². The lowest BCUT2D eigenvalue weighted by molar-refractivity contribution is -0.329. The lowest BCUT2D eigenvalue weighted by Gasteiger charge is -2.45. The molecule has 3 aliphatic heterocycles. The zero-order valence-electron chi connectivity index (χ0n) is 28.9. The number of esters is 1. The third-order valence-electron chi connectivity index (χ3n) is 9.27. The van der Waals surface area contributed by atoms with Crippen molar-refractivity contribution in [1.29, 1.82) is 0 Å². The van der Waals surface area contributed by atoms with Crippen LogP contribution in [0.5, 0.6) is 23.0 Å². The number of benzene rings is 2. The largest absolute Gasteiger partial charge is 0.504 e. The third kappa shape index (κ3) is 9.95. The van der Waals surface area contributed by atoms with Gasteiger partial charge in [-0.25, -0.2) is 4.79 Å². The van der Waals surface area contributed by atoms with Gasteiger partial charge in [-0.15, -0.1) is 0 Å². The fraction of sp³-hybridized carbons (Fsp3) is 0.571. The predicted octanol–water partition coefficient (Wildman–Crippen LogP) is -2.51. The second-order valence-corrected chi connectivity index (χ2v) is 13.2. The highest BCUT2D eigenvalue weighted by Gasteiger charge is 2.51. The van der Waals surface area contributed by atoms with Crippen molar-refractivity contribution in [2.24, 2.45) is 0 Å². The maximum absolute atomic E-state index is 13.2. The van der Waals surface area contributed by atoms with Crippen LogP contribution in [0, 0.1) is 0 Å². The number of rotatable bonds is 13. The van der Waals surface area contributed by atoms with Gasteiger partial charge in [-0.05, 0) is 54.8 Å². The highest BCUT2D eigenvalue weighted by molar-refractivity contribution is 5.87. The Bertz CT molecular complexity index is 1570. The molecule has 0 aliphatic carbocycles. The quantitative estimate of drug-likeness (QED) is 0.0569. The molecule has 0 aromatic heterocycles. The maximum atomic E-state index is 13.2. The van der Waals surface area contributed by atoms with Gasteiger partial charge in [-0.2, -0.15) is 0 Å². The molecule has 2 aromatic carbocycles. The Morgan fingerprint density at radius 1 is 0.704 bits per heavy atom. The Balaban J connectivity index is 1.39. The van der Waals surface area contributed by atoms with Gasteiger partial charge in [0.25, 0.3) is 0 Å². The van der Waals surface area contributed by atoms with E-state index in [4.69, 9.17) is 33.2 Å². The van der Waals surface area contributed by atoms with Crippen molar-refractivity contribution in [3.05, 3.63) is 53.6 Å². The Hall–Kier alpha value is -3.67. The number of aliphatic hydroxyl groups excluding tert-OH is 7. The smallest absolute Gasteiger partial charge is 0.331 e. The second kappa shape index (κ2) is 18.3. The first-order valence-electron chi connectivity index (χ1n) is 17.1. The first-order valence-corrected chi connectivity index (χ1v) is 17.1. The van der Waals surface area contributed by atoms with Crippen molar-refractivity contribution >= 4 is 12.0 Å². The monoisotopic (exact) mass is 770 g/mol. The Kier molecular flexibility index (Phi) is 14.1. The van der Waals surface area contributed by atoms with E-state index in [-0.39, 0.29) is 30.3 Å². The molecule has 3 fully saturated rings. The van der Waals surface area contributed by atoms with Crippen LogP contribution in [0.25, 0.3) is 6.08 Å². The summed E-state index contributed by atoms with van der Waals surface area (Å²) in [5, 5.41) is 112. The number of carbonyl (C=O) groups excluding carboxylic acids is 1. The van der Waals surface area contributed by atoms with Gasteiger partial charge in [0.15, 0.2) is 41.7 Å². The molecule has 3 heterocycles. The van der Waals surface area contributed by atoms with Gasteiger partial charge < -0.3 is 89.3 Å². The fourth-order valence-corrected chi connectivity index (χ4v) is 6.09. The maximum Gasteiger partial charge on any atom is 0.331 e. The molecule has 0 spiro atoms. The van der Waals surface area contributed by atoms with E-state index in [1.807, 2.05) is 0 Å². The molecule has 11 N–H and O–H groups in total. The van der Waals surface area contributed by atoms with Crippen LogP contribution >= 0.6 is 0 Å². The molecule has 300 valence electrons. The molecule has 54 heavy (non-hydrogen) atoms. The number of hydrogen-bond acceptors (Lipinski definition) is 19. The van der Waals surface area contributed by atoms with Crippen molar-refractivity contribution in [1.82, 2.24) is 0 Å². The van der Waals surface area contributed by atoms with Crippen LogP contribution in [0.2, 0.25) is 0 Å². The van der Waals surface area contributed by atoms with Crippen molar-refractivity contribution in [3.63, 3.8) is 0 Å². The molecule has 0 bridgehead atoms. The van der Waals surface area contributed by atoms with Gasteiger partial charge in [0, 0.05) is 6.08 Å². The van der Waals surface area contributed by atoms with Crippen molar-refractivity contribution < 1.29 is 94.1 Å². The fourth-order valence-electron chi connectivity index (χ4n) is 6.09. The highest BCUT2D eigenvalue weighted by Crippen LogP contribution is 2.31. The number of aromatic hydroxyl groups is 4. The molecule has 19 heteroatoms. The minimum atomic E-state index is -1.73. The van der Waals surface area contributed by atoms with E-state index in [9.17, 15) is 61.0 Å². The van der Waals surface area contributed by atoms with Crippen LogP contribution < -0.4 is 0 Å². The van der Waals surface area contributed by atoms with Crippen molar-refractivity contribution in [2.75, 3.05) is 26.4 Å². The van der Waals surface area contributed by atoms with Crippen LogP contribution in [-0.4, -0.2) is 174 Å². The van der Waals surface area contributed by atoms with E-state index in [0.29, 0.717) is 11.1 Å². The highest BCUT2D eigenvalue weighted by atomic mass is 16.7. The minimum absolute atomic E-state index is 0.126. The van der Waals surface area contributed by atoms with Gasteiger partial charge in [0.2, 0.25) is 0 Å². The molecule has 0 saturated carbocycles. The second-order valence-electron chi connectivity index (χ2n) is 13.2. The average molecular weight is 771 g/mol. The molecule has 2 aromatic rings. The zero-order valence-corrected chi connectivity index (χ0v) is 28.9. The standard InChI is InChI=1S/C35H46O19/c1-15-26(42)29(45)28(44)23(52-15)13-49-33-31(47)35(48-9-8-17-3-6-19(37)21(39)11-17)53-24(14-51-34-30(46)27(43)22(40)12-50-34)32(33)54-25(41)7-4-16-2-5-18(36)20(38)10-16/h2-7,10-11,15,22-24,26-40,42-47H,8-9,12-14H2,1H3/b7-4+/t15-,22+,23-,24+,26-,27-,28-,29+,30+,31+,32+,33+,34-,35+/m0/s1. The van der Waals surface area contributed by atoms with Crippen LogP contribution in [0.4, 0.5) is 0 Å². The molecule has 0 radical (unpaired) electrons. The van der Waals surface area contributed by atoms with E-state index >= 15 is 0 Å². The number of phenolic OH excluding ortho intramolecular Hbond substituents is 4. The Morgan fingerprint density at radius 2 is 1.39 bits per heavy atom. The normalized spacial score (nSPS) is 35.9. The molecule has 14 atom stereocenters. The molecule has 3 saturated heterocycles. The van der Waals surface area contributed by atoms with E-state index in [0.717, 1.165) is 6.08 Å². The van der Waals surface area contributed by atoms with Gasteiger partial charge in [0.1, 0.15) is 61.0 Å². The predicted molar refractivity (Wildman–Crippen MR) is 179 cm³/mol. The molecule has 0 unspecified atom stereocenters. The van der Waals surface area contributed by atoms with Crippen LogP contribution in [-0.2, 0) is 44.4 Å². The lowest BCUT2D eigenvalue weighted by atomic mass is 9.95. The summed E-state index contributed by atoms with van der Waals surface area (Å²) in [5.41, 5.74) is 0.846. The van der Waals surface area contributed by atoms with Gasteiger partial charge in [-0.3, -0.25) is 0 Å². The zero-order chi connectivity index (χ0) is 39.3. The Labute approximate surface area is 308 Å². The van der Waals surface area contributed by atoms with Gasteiger partial charge in [-0.1, -0.05) is 12.1 Å². The summed E-state index contributed by atoms with van der Waals surface area (Å²) in [4.78, 5) is 13.2. The minimum Gasteiger partial charge on any atom is -0.504 e. The number of hydrogen-bond donors (Lipinski definition) is 11. The van der Waals surface area contributed by atoms with Crippen molar-refractivity contribution in [3.8, 4) is 23.0 Å². The number of phenols is 4. The molecular weight excluding hydrogens is 724 g/mol. The van der Waals surface area contributed by atoms with Gasteiger partial charge in [0.05, 0.1) is 32.5 Å². The topological polar surface area (TPSA) is 304 Å². The SMILES string of the molecule is C[C@@H]1O[C@@H](CO[C@@H]2[C@@H](O)[C@H](OCCc3ccc(O)c(O)c3)O[C@H](CO[C@@H]3OC[C@@H](O)[C@H](O)[C@H]3O)[C@H]2OC(=O)/C=C/c2ccc(O)c(O)c2)[C@H](O)[C@H](O)[C@H]1O. The summed E-state index contributed by atoms with van der Waals surface area (Å²) in [6.07, 6.45) is -18.3. The van der Waals surface area contributed by atoms with E-state index in [1.54, 1.807) is 0 Å². The lowest BCUT2D eigenvalue weighted by Crippen LogP contribution is -2.63. The summed E-state index contributed by atoms with van der Waals surface area (Å²) in [6, 6.07) is 7.90. The summed E-state index contributed by atoms with van der Waals surface area (Å²) in [6.45, 7) is -0.130. The van der Waals surface area contributed by atoms with E-state index in [2.05, 4.69) is 0 Å². The number of ether oxygens (including phenoxy) is 7. The summed E-state index contributed by atoms with van der Waals surface area (Å²) >= 11 is 0. The number of carbonyl (C=O) groups is 1. The van der Waals surface area contributed by atoms with E-state index < -0.39 is 117 Å². The third-order valence-corrected chi connectivity index (χ3v) is 9.27. The molecule has 0 amide bonds. The summed E-state index contributed by atoms with van der Waals surface area (Å²) in [5.74, 6) is -2.54. The molecule has 5 rings (SSSR count). The van der Waals surface area contributed by atoms with Crippen LogP contribution in [0.15, 0.2) is 42.5 Å². The van der Waals surface area contributed by atoms with Crippen LogP contribution in [0.1, 0.15) is 18.1 Å². The van der Waals surface area contributed by atoms with Gasteiger partial charge >= 0.3 is 5.97 Å². The first-order chi connectivity index (χ1) is 25.6. The average Bonchev–Trinajstić information content (AvgIpc) is 3.14. The first kappa shape index (κ1) is 41.5. The molecular formula is C35H46O19. The Morgan fingerprint density at radius 3 is 2.09 bits per heavy atom.